The van der Waals surface area contributed by atoms with E-state index in [-0.39, 0.29) is 31.1 Å². The van der Waals surface area contributed by atoms with Crippen LogP contribution >= 0.6 is 0 Å². The maximum absolute atomic E-state index is 12.9. The van der Waals surface area contributed by atoms with Crippen molar-refractivity contribution in [2.24, 2.45) is 0 Å². The second-order valence-corrected chi connectivity index (χ2v) is 22.0. The van der Waals surface area contributed by atoms with Crippen molar-refractivity contribution in [3.8, 4) is 0 Å². The van der Waals surface area contributed by atoms with E-state index in [1.54, 1.807) is 0 Å². The van der Waals surface area contributed by atoms with Gasteiger partial charge >= 0.3 is 17.9 Å². The molecule has 0 amide bonds. The molecule has 1 unspecified atom stereocenters. The number of unbranched alkanes of at least 4 members (excludes halogenated alkanes) is 31. The van der Waals surface area contributed by atoms with Crippen molar-refractivity contribution in [2.75, 3.05) is 13.2 Å². The first kappa shape index (κ1) is 75.1. The quantitative estimate of drug-likeness (QED) is 0.0261. The number of ether oxygens (including phenoxy) is 3. The average molecular weight is 1100 g/mol. The molecule has 0 saturated heterocycles. The highest BCUT2D eigenvalue weighted by molar-refractivity contribution is 5.71. The fourth-order valence-electron chi connectivity index (χ4n) is 9.29. The highest BCUT2D eigenvalue weighted by Crippen LogP contribution is 2.17. The zero-order chi connectivity index (χ0) is 57.1. The molecule has 452 valence electrons. The van der Waals surface area contributed by atoms with Crippen molar-refractivity contribution in [2.45, 2.75) is 322 Å². The minimum Gasteiger partial charge on any atom is -0.462 e. The summed E-state index contributed by atoms with van der Waals surface area (Å²) in [6, 6.07) is 0. The molecule has 0 radical (unpaired) electrons. The molecule has 0 aliphatic carbocycles. The zero-order valence-corrected chi connectivity index (χ0v) is 51.9. The summed E-state index contributed by atoms with van der Waals surface area (Å²) in [7, 11) is 0. The molecule has 0 fully saturated rings. The fraction of sp³-hybridized carbons (Fsp3) is 0.712. The van der Waals surface area contributed by atoms with Crippen LogP contribution in [0.3, 0.4) is 0 Å². The van der Waals surface area contributed by atoms with E-state index in [1.165, 1.54) is 154 Å². The molecule has 0 aromatic heterocycles. The van der Waals surface area contributed by atoms with Gasteiger partial charge in [0, 0.05) is 19.3 Å². The van der Waals surface area contributed by atoms with Crippen LogP contribution in [-0.2, 0) is 28.6 Å². The van der Waals surface area contributed by atoms with Crippen molar-refractivity contribution < 1.29 is 28.6 Å². The third-order valence-corrected chi connectivity index (χ3v) is 14.2. The third-order valence-electron chi connectivity index (χ3n) is 14.2. The van der Waals surface area contributed by atoms with Crippen molar-refractivity contribution in [3.05, 3.63) is 109 Å². The molecule has 0 N–H and O–H groups in total. The summed E-state index contributed by atoms with van der Waals surface area (Å²) in [6.07, 6.45) is 91.1. The van der Waals surface area contributed by atoms with E-state index in [0.29, 0.717) is 19.3 Å². The van der Waals surface area contributed by atoms with E-state index in [9.17, 15) is 14.4 Å². The van der Waals surface area contributed by atoms with Crippen LogP contribution in [0, 0.1) is 0 Å². The van der Waals surface area contributed by atoms with Gasteiger partial charge in [-0.25, -0.2) is 0 Å². The summed E-state index contributed by atoms with van der Waals surface area (Å²) in [6.45, 7) is 6.39. The Morgan fingerprint density at radius 3 is 0.785 bits per heavy atom. The van der Waals surface area contributed by atoms with E-state index in [2.05, 4.69) is 130 Å². The first-order valence-corrected chi connectivity index (χ1v) is 33.4. The fourth-order valence-corrected chi connectivity index (χ4v) is 9.29. The van der Waals surface area contributed by atoms with E-state index < -0.39 is 6.10 Å². The molecule has 0 spiro atoms. The Balaban J connectivity index is 4.22. The van der Waals surface area contributed by atoms with E-state index in [0.717, 1.165) is 122 Å². The van der Waals surface area contributed by atoms with Gasteiger partial charge in [-0.05, 0) is 116 Å². The molecule has 0 bridgehead atoms. The number of carbonyl (C=O) groups excluding carboxylic acids is 3. The molecule has 0 aromatic rings. The molecular weight excluding hydrogens is 973 g/mol. The molecule has 0 saturated carbocycles. The van der Waals surface area contributed by atoms with Gasteiger partial charge in [0.25, 0.3) is 0 Å². The standard InChI is InChI=1S/C73H124O6/c1-4-7-10-13-16-19-22-24-26-28-30-32-33-34-35-36-37-38-39-41-42-44-46-48-51-54-57-60-63-66-72(75)78-69-70(68-77-71(74)65-62-59-56-53-50-21-18-15-12-9-6-3)79-73(76)67-64-61-58-55-52-49-47-45-43-40-31-29-27-25-23-20-17-14-11-8-5-2/h7-8,10-11,15-20,24-27,30-32,40,70H,4-6,9,12-14,21-23,28-29,33-39,41-69H2,1-3H3/b10-7-,11-8-,18-15-,19-16-,20-17-,26-24-,27-25-,32-30-,40-31-. The number of allylic oxidation sites excluding steroid dienone is 18. The molecule has 0 rings (SSSR count). The van der Waals surface area contributed by atoms with E-state index in [1.807, 2.05) is 0 Å². The predicted octanol–water partition coefficient (Wildman–Crippen LogP) is 23.0. The molecular formula is C73H124O6. The summed E-state index contributed by atoms with van der Waals surface area (Å²) in [5.74, 6) is -0.891. The lowest BCUT2D eigenvalue weighted by Crippen LogP contribution is -2.30. The van der Waals surface area contributed by atoms with Gasteiger partial charge in [-0.1, -0.05) is 291 Å². The normalized spacial score (nSPS) is 12.8. The first-order valence-electron chi connectivity index (χ1n) is 33.4. The minimum atomic E-state index is -0.787. The van der Waals surface area contributed by atoms with E-state index >= 15 is 0 Å². The average Bonchev–Trinajstić information content (AvgIpc) is 3.45. The summed E-state index contributed by atoms with van der Waals surface area (Å²) in [5, 5.41) is 0. The van der Waals surface area contributed by atoms with Crippen LogP contribution in [0.5, 0.6) is 0 Å². The summed E-state index contributed by atoms with van der Waals surface area (Å²) >= 11 is 0. The van der Waals surface area contributed by atoms with Crippen molar-refractivity contribution in [1.29, 1.82) is 0 Å². The molecule has 0 aliphatic rings. The van der Waals surface area contributed by atoms with Gasteiger partial charge in [0.1, 0.15) is 13.2 Å². The Morgan fingerprint density at radius 2 is 0.494 bits per heavy atom. The molecule has 79 heavy (non-hydrogen) atoms. The van der Waals surface area contributed by atoms with Crippen LogP contribution in [-0.4, -0.2) is 37.2 Å². The lowest BCUT2D eigenvalue weighted by Gasteiger charge is -2.18. The molecule has 0 aliphatic heterocycles. The lowest BCUT2D eigenvalue weighted by atomic mass is 10.0. The van der Waals surface area contributed by atoms with Crippen LogP contribution < -0.4 is 0 Å². The molecule has 6 heteroatoms. The monoisotopic (exact) mass is 1100 g/mol. The van der Waals surface area contributed by atoms with Crippen molar-refractivity contribution in [3.63, 3.8) is 0 Å². The predicted molar refractivity (Wildman–Crippen MR) is 343 cm³/mol. The van der Waals surface area contributed by atoms with Gasteiger partial charge in [-0.3, -0.25) is 14.4 Å². The molecule has 1 atom stereocenters. The Labute approximate surface area is 489 Å². The number of carbonyl (C=O) groups is 3. The smallest absolute Gasteiger partial charge is 0.306 e. The SMILES string of the molecule is CC/C=C\C/C=C\C/C=C\C/C=C\CCCCCCCCCCCCCCCCCCC(=O)OCC(COC(=O)CCCCCCC/C=C\CCCC)OC(=O)CCCCCCCCCC/C=C\C/C=C\C/C=C\C/C=C\CC. The Kier molecular flexibility index (Phi) is 63.3. The van der Waals surface area contributed by atoms with Crippen LogP contribution in [0.1, 0.15) is 316 Å². The van der Waals surface area contributed by atoms with Crippen LogP contribution in [0.4, 0.5) is 0 Å². The molecule has 0 aromatic carbocycles. The maximum atomic E-state index is 12.9. The van der Waals surface area contributed by atoms with Crippen molar-refractivity contribution in [1.82, 2.24) is 0 Å². The Bertz CT molecular complexity index is 1590. The van der Waals surface area contributed by atoms with Crippen LogP contribution in [0.15, 0.2) is 109 Å². The number of hydrogen-bond acceptors (Lipinski definition) is 6. The summed E-state index contributed by atoms with van der Waals surface area (Å²) in [4.78, 5) is 38.3. The van der Waals surface area contributed by atoms with Gasteiger partial charge in [0.2, 0.25) is 0 Å². The highest BCUT2D eigenvalue weighted by atomic mass is 16.6. The molecule has 6 nitrogen and oxygen atoms in total. The Hall–Kier alpha value is -3.93. The second-order valence-electron chi connectivity index (χ2n) is 22.0. The summed E-state index contributed by atoms with van der Waals surface area (Å²) in [5.41, 5.74) is 0. The van der Waals surface area contributed by atoms with Gasteiger partial charge in [-0.2, -0.15) is 0 Å². The van der Waals surface area contributed by atoms with Gasteiger partial charge < -0.3 is 14.2 Å². The first-order chi connectivity index (χ1) is 39.0. The van der Waals surface area contributed by atoms with Crippen LogP contribution in [0.25, 0.3) is 0 Å². The van der Waals surface area contributed by atoms with Gasteiger partial charge in [0.05, 0.1) is 0 Å². The second kappa shape index (κ2) is 66.6. The third kappa shape index (κ3) is 64.8. The lowest BCUT2D eigenvalue weighted by molar-refractivity contribution is -0.167. The number of hydrogen-bond donors (Lipinski definition) is 0. The molecule has 0 heterocycles. The zero-order valence-electron chi connectivity index (χ0n) is 51.9. The Morgan fingerprint density at radius 1 is 0.266 bits per heavy atom. The minimum absolute atomic E-state index is 0.0826. The topological polar surface area (TPSA) is 78.9 Å². The maximum Gasteiger partial charge on any atom is 0.306 e. The van der Waals surface area contributed by atoms with Crippen molar-refractivity contribution >= 4 is 17.9 Å². The number of rotatable bonds is 60. The van der Waals surface area contributed by atoms with Crippen LogP contribution in [0.2, 0.25) is 0 Å². The largest absolute Gasteiger partial charge is 0.462 e. The summed E-state index contributed by atoms with van der Waals surface area (Å²) < 4.78 is 16.9. The van der Waals surface area contributed by atoms with Gasteiger partial charge in [-0.15, -0.1) is 0 Å². The number of esters is 3. The van der Waals surface area contributed by atoms with Gasteiger partial charge in [0.15, 0.2) is 6.10 Å². The van der Waals surface area contributed by atoms with E-state index in [4.69, 9.17) is 14.2 Å². The highest BCUT2D eigenvalue weighted by Gasteiger charge is 2.19.